The largest absolute Gasteiger partial charge is 0.497 e. The third-order valence-electron chi connectivity index (χ3n) is 6.18. The number of nitrogens with zero attached hydrogens (tertiary/aromatic N) is 3. The number of fused-ring (bicyclic) bond motifs is 1. The fourth-order valence-corrected chi connectivity index (χ4v) is 4.59. The van der Waals surface area contributed by atoms with Gasteiger partial charge >= 0.3 is 0 Å². The van der Waals surface area contributed by atoms with Gasteiger partial charge in [-0.1, -0.05) is 11.6 Å². The molecule has 0 unspecified atom stereocenters. The van der Waals surface area contributed by atoms with E-state index in [0.717, 1.165) is 18.6 Å². The van der Waals surface area contributed by atoms with Crippen LogP contribution in [0.25, 0.3) is 0 Å². The smallest absolute Gasteiger partial charge is 0.251 e. The highest BCUT2D eigenvalue weighted by Gasteiger charge is 2.46. The number of aryl methyl sites for hydroxylation is 1. The molecule has 0 bridgehead atoms. The Morgan fingerprint density at radius 1 is 1.23 bits per heavy atom. The Morgan fingerprint density at radius 3 is 2.63 bits per heavy atom. The van der Waals surface area contributed by atoms with Gasteiger partial charge in [0, 0.05) is 53.7 Å². The standard InChI is InChI=1S/C24H21ClF2N4O4/c1-34-15-9-17(26)20(18(27)10-15)16-12-30(19-11-28-31-7-2-8-35-24(19)31)23(33)21(16)29-22(32)13-3-5-14(25)6-4-13/h3-6,9-11,16,21H,2,7-8,12H2,1H3,(H,29,32)/t16-,21-/m0/s1. The Morgan fingerprint density at radius 2 is 1.94 bits per heavy atom. The number of methoxy groups -OCH3 is 1. The Kier molecular flexibility index (Phi) is 6.06. The van der Waals surface area contributed by atoms with Crippen molar-refractivity contribution in [1.82, 2.24) is 15.1 Å². The number of ether oxygens (including phenoxy) is 2. The molecule has 1 saturated heterocycles. The van der Waals surface area contributed by atoms with E-state index in [0.29, 0.717) is 29.7 Å². The van der Waals surface area contributed by atoms with Crippen LogP contribution < -0.4 is 19.7 Å². The zero-order valence-corrected chi connectivity index (χ0v) is 19.4. The van der Waals surface area contributed by atoms with Gasteiger partial charge in [0.25, 0.3) is 5.91 Å². The lowest BCUT2D eigenvalue weighted by Crippen LogP contribution is -2.44. The molecule has 1 N–H and O–H groups in total. The summed E-state index contributed by atoms with van der Waals surface area (Å²) >= 11 is 5.90. The summed E-state index contributed by atoms with van der Waals surface area (Å²) in [6, 6.07) is 6.94. The summed E-state index contributed by atoms with van der Waals surface area (Å²) in [6.45, 7) is 0.995. The van der Waals surface area contributed by atoms with E-state index >= 15 is 8.78 Å². The van der Waals surface area contributed by atoms with Crippen LogP contribution in [0.5, 0.6) is 11.6 Å². The number of benzene rings is 2. The maximum Gasteiger partial charge on any atom is 0.251 e. The molecule has 0 aliphatic carbocycles. The number of hydrogen-bond acceptors (Lipinski definition) is 5. The van der Waals surface area contributed by atoms with Crippen molar-refractivity contribution in [3.63, 3.8) is 0 Å². The molecule has 8 nitrogen and oxygen atoms in total. The third kappa shape index (κ3) is 4.18. The van der Waals surface area contributed by atoms with Crippen LogP contribution in [-0.4, -0.2) is 47.9 Å². The summed E-state index contributed by atoms with van der Waals surface area (Å²) in [6.07, 6.45) is 2.26. The van der Waals surface area contributed by atoms with Crippen LogP contribution in [0.2, 0.25) is 5.02 Å². The summed E-state index contributed by atoms with van der Waals surface area (Å²) in [4.78, 5) is 27.9. The van der Waals surface area contributed by atoms with Crippen LogP contribution in [0, 0.1) is 11.6 Å². The van der Waals surface area contributed by atoms with Crippen molar-refractivity contribution < 1.29 is 27.8 Å². The fraction of sp³-hybridized carbons (Fsp3) is 0.292. The number of aromatic nitrogens is 2. The molecule has 2 aromatic carbocycles. The number of nitrogens with one attached hydrogen (secondary N) is 1. The molecule has 2 atom stereocenters. The zero-order chi connectivity index (χ0) is 24.7. The molecule has 0 spiro atoms. The number of rotatable bonds is 5. The Balaban J connectivity index is 1.53. The summed E-state index contributed by atoms with van der Waals surface area (Å²) < 4.78 is 42.5. The van der Waals surface area contributed by atoms with Crippen molar-refractivity contribution in [3.05, 3.63) is 70.4 Å². The van der Waals surface area contributed by atoms with E-state index in [4.69, 9.17) is 21.1 Å². The fourth-order valence-electron chi connectivity index (χ4n) is 4.47. The SMILES string of the molecule is COc1cc(F)c([C@@H]2CN(c3cnn4c3OCCC4)C(=O)[C@H]2NC(=O)c2ccc(Cl)cc2)c(F)c1. The summed E-state index contributed by atoms with van der Waals surface area (Å²) in [7, 11) is 1.30. The van der Waals surface area contributed by atoms with E-state index in [1.54, 1.807) is 4.68 Å². The number of carbonyl (C=O) groups excluding carboxylic acids is 2. The van der Waals surface area contributed by atoms with Gasteiger partial charge < -0.3 is 19.7 Å². The molecule has 1 fully saturated rings. The number of carbonyl (C=O) groups is 2. The molecule has 35 heavy (non-hydrogen) atoms. The van der Waals surface area contributed by atoms with E-state index < -0.39 is 35.4 Å². The minimum absolute atomic E-state index is 0.00536. The first-order chi connectivity index (χ1) is 16.9. The lowest BCUT2D eigenvalue weighted by molar-refractivity contribution is -0.118. The minimum atomic E-state index is -1.24. The van der Waals surface area contributed by atoms with Gasteiger partial charge in [-0.05, 0) is 24.3 Å². The highest BCUT2D eigenvalue weighted by Crippen LogP contribution is 2.40. The lowest BCUT2D eigenvalue weighted by atomic mass is 9.92. The second-order valence-corrected chi connectivity index (χ2v) is 8.71. The van der Waals surface area contributed by atoms with Gasteiger partial charge in [-0.15, -0.1) is 0 Å². The van der Waals surface area contributed by atoms with Crippen LogP contribution in [-0.2, 0) is 11.3 Å². The Bertz CT molecular complexity index is 1270. The van der Waals surface area contributed by atoms with E-state index in [9.17, 15) is 9.59 Å². The van der Waals surface area contributed by atoms with Gasteiger partial charge in [0.05, 0.1) is 19.9 Å². The molecule has 2 amide bonds. The van der Waals surface area contributed by atoms with E-state index in [1.807, 2.05) is 0 Å². The van der Waals surface area contributed by atoms with Crippen molar-refractivity contribution in [1.29, 1.82) is 0 Å². The molecule has 0 radical (unpaired) electrons. The molecule has 2 aliphatic rings. The Labute approximate surface area is 204 Å². The van der Waals surface area contributed by atoms with Crippen molar-refractivity contribution in [3.8, 4) is 11.6 Å². The van der Waals surface area contributed by atoms with E-state index in [2.05, 4.69) is 10.4 Å². The highest BCUT2D eigenvalue weighted by atomic mass is 35.5. The summed E-state index contributed by atoms with van der Waals surface area (Å²) in [5.74, 6) is -3.47. The predicted molar refractivity (Wildman–Crippen MR) is 123 cm³/mol. The van der Waals surface area contributed by atoms with Crippen molar-refractivity contribution in [2.24, 2.45) is 0 Å². The second kappa shape index (κ2) is 9.18. The molecule has 0 saturated carbocycles. The highest BCUT2D eigenvalue weighted by molar-refractivity contribution is 6.30. The molecule has 3 aromatic rings. The van der Waals surface area contributed by atoms with Gasteiger partial charge in [0.2, 0.25) is 11.8 Å². The Hall–Kier alpha value is -3.66. The molecule has 1 aromatic heterocycles. The van der Waals surface area contributed by atoms with Crippen molar-refractivity contribution in [2.45, 2.75) is 24.9 Å². The molecule has 182 valence electrons. The van der Waals surface area contributed by atoms with Crippen molar-refractivity contribution in [2.75, 3.05) is 25.2 Å². The quantitative estimate of drug-likeness (QED) is 0.577. The van der Waals surface area contributed by atoms with Gasteiger partial charge in [-0.25, -0.2) is 13.5 Å². The van der Waals surface area contributed by atoms with Gasteiger partial charge in [0.1, 0.15) is 29.1 Å². The second-order valence-electron chi connectivity index (χ2n) is 8.28. The number of amides is 2. The molecular weight excluding hydrogens is 482 g/mol. The average molecular weight is 503 g/mol. The topological polar surface area (TPSA) is 85.7 Å². The normalized spacial score (nSPS) is 19.3. The number of hydrogen-bond donors (Lipinski definition) is 1. The summed E-state index contributed by atoms with van der Waals surface area (Å²) in [5.41, 5.74) is 0.323. The van der Waals surface area contributed by atoms with Crippen molar-refractivity contribution >= 4 is 29.1 Å². The van der Waals surface area contributed by atoms with E-state index in [-0.39, 0.29) is 23.4 Å². The van der Waals surface area contributed by atoms with Gasteiger partial charge in [-0.3, -0.25) is 9.59 Å². The van der Waals surface area contributed by atoms with E-state index in [1.165, 1.54) is 42.5 Å². The maximum atomic E-state index is 15.1. The maximum absolute atomic E-state index is 15.1. The molecular formula is C24H21ClF2N4O4. The first-order valence-corrected chi connectivity index (χ1v) is 11.3. The number of anilines is 1. The molecule has 11 heteroatoms. The van der Waals surface area contributed by atoms with Crippen LogP contribution in [0.3, 0.4) is 0 Å². The lowest BCUT2D eigenvalue weighted by Gasteiger charge is -2.20. The summed E-state index contributed by atoms with van der Waals surface area (Å²) in [5, 5.41) is 7.37. The third-order valence-corrected chi connectivity index (χ3v) is 6.43. The van der Waals surface area contributed by atoms with Crippen LogP contribution in [0.15, 0.2) is 42.6 Å². The first-order valence-electron chi connectivity index (χ1n) is 11.0. The minimum Gasteiger partial charge on any atom is -0.497 e. The molecule has 3 heterocycles. The average Bonchev–Trinajstić information content (AvgIpc) is 3.40. The number of halogens is 3. The van der Waals surface area contributed by atoms with Gasteiger partial charge in [-0.2, -0.15) is 5.10 Å². The monoisotopic (exact) mass is 502 g/mol. The predicted octanol–water partition coefficient (Wildman–Crippen LogP) is 3.53. The zero-order valence-electron chi connectivity index (χ0n) is 18.6. The first kappa shape index (κ1) is 23.1. The molecule has 2 aliphatic heterocycles. The van der Waals surface area contributed by atoms with Crippen LogP contribution >= 0.6 is 11.6 Å². The molecule has 5 rings (SSSR count). The van der Waals surface area contributed by atoms with Crippen LogP contribution in [0.1, 0.15) is 28.3 Å². The van der Waals surface area contributed by atoms with Crippen LogP contribution in [0.4, 0.5) is 14.5 Å². The van der Waals surface area contributed by atoms with Gasteiger partial charge in [0.15, 0.2) is 0 Å².